The molecule has 1 rings (SSSR count). The molecule has 1 aliphatic rings. The van der Waals surface area contributed by atoms with Crippen LogP contribution in [0.4, 0.5) is 0 Å². The Morgan fingerprint density at radius 1 is 1.25 bits per heavy atom. The van der Waals surface area contributed by atoms with Crippen LogP contribution in [0.15, 0.2) is 22.6 Å². The minimum atomic E-state index is -1.04. The smallest absolute Gasteiger partial charge is 0.124 e. The Kier molecular flexibility index (Phi) is 2.19. The molecule has 3 nitrogen and oxygen atoms in total. The highest BCUT2D eigenvalue weighted by atomic mass is 16.3. The summed E-state index contributed by atoms with van der Waals surface area (Å²) in [7, 11) is 5.47. The standard InChI is InChI=1S/C8H11BO3/c1-3-5(9)6(10)4(2)8(12)7(3)11/h4,8,10-12H,1-2H3. The van der Waals surface area contributed by atoms with Gasteiger partial charge >= 0.3 is 0 Å². The number of rotatable bonds is 0. The summed E-state index contributed by atoms with van der Waals surface area (Å²) in [6.07, 6.45) is -1.04. The molecule has 2 unspecified atom stereocenters. The quantitative estimate of drug-likeness (QED) is 0.465. The Morgan fingerprint density at radius 3 is 2.25 bits per heavy atom. The highest BCUT2D eigenvalue weighted by Gasteiger charge is 2.29. The van der Waals surface area contributed by atoms with Crippen molar-refractivity contribution in [1.82, 2.24) is 0 Å². The fraction of sp³-hybridized carbons (Fsp3) is 0.500. The van der Waals surface area contributed by atoms with Gasteiger partial charge in [0.25, 0.3) is 0 Å². The summed E-state index contributed by atoms with van der Waals surface area (Å²) in [6, 6.07) is 0. The first-order valence-corrected chi connectivity index (χ1v) is 3.73. The van der Waals surface area contributed by atoms with E-state index in [4.69, 9.17) is 7.85 Å². The maximum absolute atomic E-state index is 9.35. The highest BCUT2D eigenvalue weighted by Crippen LogP contribution is 2.30. The fourth-order valence-corrected chi connectivity index (χ4v) is 1.18. The molecule has 2 atom stereocenters. The van der Waals surface area contributed by atoms with Crippen LogP contribution < -0.4 is 0 Å². The number of aliphatic hydroxyl groups excluding tert-OH is 3. The lowest BCUT2D eigenvalue weighted by Gasteiger charge is -2.26. The molecule has 12 heavy (non-hydrogen) atoms. The minimum Gasteiger partial charge on any atom is -0.513 e. The maximum Gasteiger partial charge on any atom is 0.124 e. The fourth-order valence-electron chi connectivity index (χ4n) is 1.18. The first-order chi connectivity index (χ1) is 5.46. The molecule has 1 aliphatic carbocycles. The average Bonchev–Trinajstić information content (AvgIpc) is 2.08. The highest BCUT2D eigenvalue weighted by molar-refractivity contribution is 6.24. The van der Waals surface area contributed by atoms with Crippen LogP contribution in [0.1, 0.15) is 13.8 Å². The van der Waals surface area contributed by atoms with Gasteiger partial charge in [-0.2, -0.15) is 0 Å². The van der Waals surface area contributed by atoms with Crippen molar-refractivity contribution in [2.45, 2.75) is 20.0 Å². The molecule has 2 radical (unpaired) electrons. The summed E-state index contributed by atoms with van der Waals surface area (Å²) in [5, 5.41) is 28.0. The van der Waals surface area contributed by atoms with Crippen LogP contribution in [-0.4, -0.2) is 29.3 Å². The molecule has 0 bridgehead atoms. The molecule has 64 valence electrons. The second-order valence-corrected chi connectivity index (χ2v) is 3.04. The second kappa shape index (κ2) is 2.86. The van der Waals surface area contributed by atoms with Crippen LogP contribution in [-0.2, 0) is 0 Å². The number of hydrogen-bond acceptors (Lipinski definition) is 3. The Bertz CT molecular complexity index is 239. The van der Waals surface area contributed by atoms with E-state index >= 15 is 0 Å². The summed E-state index contributed by atoms with van der Waals surface area (Å²) >= 11 is 0. The molecule has 0 saturated carbocycles. The molecule has 0 fully saturated rings. The van der Waals surface area contributed by atoms with Gasteiger partial charge in [0.2, 0.25) is 0 Å². The van der Waals surface area contributed by atoms with Gasteiger partial charge in [0.15, 0.2) is 0 Å². The predicted octanol–water partition coefficient (Wildman–Crippen LogP) is 0.767. The number of aliphatic hydroxyl groups is 3. The third kappa shape index (κ3) is 1.12. The monoisotopic (exact) mass is 166 g/mol. The zero-order valence-corrected chi connectivity index (χ0v) is 7.07. The van der Waals surface area contributed by atoms with Crippen molar-refractivity contribution in [3.8, 4) is 0 Å². The molecule has 0 spiro atoms. The van der Waals surface area contributed by atoms with Gasteiger partial charge in [-0.25, -0.2) is 0 Å². The molecule has 0 saturated heterocycles. The summed E-state index contributed by atoms with van der Waals surface area (Å²) in [6.45, 7) is 3.14. The van der Waals surface area contributed by atoms with E-state index in [1.807, 2.05) is 0 Å². The minimum absolute atomic E-state index is 0.0576. The molecular weight excluding hydrogens is 155 g/mol. The SMILES string of the molecule is [B]C1=C(O)C(C)C(O)C(O)=C1C. The van der Waals surface area contributed by atoms with Crippen molar-refractivity contribution in [2.75, 3.05) is 0 Å². The van der Waals surface area contributed by atoms with Gasteiger partial charge in [-0.3, -0.25) is 0 Å². The first kappa shape index (κ1) is 9.19. The van der Waals surface area contributed by atoms with Crippen molar-refractivity contribution in [3.63, 3.8) is 0 Å². The molecular formula is C8H11BO3. The van der Waals surface area contributed by atoms with Gasteiger partial charge in [0, 0.05) is 5.92 Å². The van der Waals surface area contributed by atoms with Crippen molar-refractivity contribution >= 4 is 7.85 Å². The van der Waals surface area contributed by atoms with Crippen molar-refractivity contribution in [1.29, 1.82) is 0 Å². The van der Waals surface area contributed by atoms with E-state index in [1.54, 1.807) is 13.8 Å². The van der Waals surface area contributed by atoms with Crippen LogP contribution in [0.25, 0.3) is 0 Å². The van der Waals surface area contributed by atoms with Gasteiger partial charge in [-0.15, -0.1) is 0 Å². The van der Waals surface area contributed by atoms with Gasteiger partial charge in [-0.1, -0.05) is 12.4 Å². The molecule has 0 aromatic carbocycles. The van der Waals surface area contributed by atoms with E-state index in [-0.39, 0.29) is 17.0 Å². The van der Waals surface area contributed by atoms with Crippen LogP contribution in [0.3, 0.4) is 0 Å². The topological polar surface area (TPSA) is 60.7 Å². The summed E-state index contributed by atoms with van der Waals surface area (Å²) in [4.78, 5) is 0. The van der Waals surface area contributed by atoms with Gasteiger partial charge < -0.3 is 15.3 Å². The second-order valence-electron chi connectivity index (χ2n) is 3.04. The van der Waals surface area contributed by atoms with E-state index in [2.05, 4.69) is 0 Å². The van der Waals surface area contributed by atoms with Crippen molar-refractivity contribution in [3.05, 3.63) is 22.6 Å². The third-order valence-electron chi connectivity index (χ3n) is 2.25. The van der Waals surface area contributed by atoms with Gasteiger partial charge in [0.1, 0.15) is 19.7 Å². The lowest BCUT2D eigenvalue weighted by molar-refractivity contribution is 0.0920. The molecule has 0 aliphatic heterocycles. The number of hydrogen-bond donors (Lipinski definition) is 3. The van der Waals surface area contributed by atoms with Crippen LogP contribution in [0.5, 0.6) is 0 Å². The van der Waals surface area contributed by atoms with Crippen LogP contribution >= 0.6 is 0 Å². The molecule has 3 N–H and O–H groups in total. The van der Waals surface area contributed by atoms with Crippen molar-refractivity contribution < 1.29 is 15.3 Å². The van der Waals surface area contributed by atoms with Crippen molar-refractivity contribution in [2.24, 2.45) is 5.92 Å². The zero-order valence-electron chi connectivity index (χ0n) is 7.07. The Balaban J connectivity index is 3.18. The predicted molar refractivity (Wildman–Crippen MR) is 45.9 cm³/mol. The average molecular weight is 166 g/mol. The van der Waals surface area contributed by atoms with E-state index in [1.165, 1.54) is 0 Å². The summed E-state index contributed by atoms with van der Waals surface area (Å²) in [5.41, 5.74) is 0.503. The largest absolute Gasteiger partial charge is 0.513 e. The Labute approximate surface area is 72.4 Å². The lowest BCUT2D eigenvalue weighted by atomic mass is 9.77. The number of allylic oxidation sites excluding steroid dienone is 2. The third-order valence-corrected chi connectivity index (χ3v) is 2.25. The summed E-state index contributed by atoms with van der Waals surface area (Å²) in [5.74, 6) is -0.746. The van der Waals surface area contributed by atoms with E-state index in [0.717, 1.165) is 0 Å². The first-order valence-electron chi connectivity index (χ1n) is 3.73. The molecule has 0 aromatic heterocycles. The van der Waals surface area contributed by atoms with E-state index in [0.29, 0.717) is 5.57 Å². The Hall–Kier alpha value is -0.895. The molecule has 0 aromatic rings. The van der Waals surface area contributed by atoms with Gasteiger partial charge in [-0.05, 0) is 12.5 Å². The molecule has 0 heterocycles. The zero-order chi connectivity index (χ0) is 9.46. The van der Waals surface area contributed by atoms with E-state index in [9.17, 15) is 15.3 Å². The van der Waals surface area contributed by atoms with Crippen LogP contribution in [0, 0.1) is 5.92 Å². The van der Waals surface area contributed by atoms with E-state index < -0.39 is 12.0 Å². The van der Waals surface area contributed by atoms with Gasteiger partial charge in [0.05, 0.1) is 5.76 Å². The normalized spacial score (nSPS) is 31.2. The molecule has 4 heteroatoms. The molecule has 0 amide bonds. The Morgan fingerprint density at radius 2 is 1.75 bits per heavy atom. The maximum atomic E-state index is 9.35. The van der Waals surface area contributed by atoms with Crippen LogP contribution in [0.2, 0.25) is 0 Å². The summed E-state index contributed by atoms with van der Waals surface area (Å²) < 4.78 is 0. The lowest BCUT2D eigenvalue weighted by Crippen LogP contribution is -2.28.